The highest BCUT2D eigenvalue weighted by molar-refractivity contribution is 8.01. The predicted molar refractivity (Wildman–Crippen MR) is 66.6 cm³/mol. The first-order valence-electron chi connectivity index (χ1n) is 5.45. The van der Waals surface area contributed by atoms with Crippen molar-refractivity contribution in [3.05, 3.63) is 24.3 Å². The number of carboxylic acids is 1. The summed E-state index contributed by atoms with van der Waals surface area (Å²) in [6, 6.07) is 1.02. The number of nitrogens with zero attached hydrogens (tertiary/aromatic N) is 2. The second-order valence-electron chi connectivity index (χ2n) is 4.35. The van der Waals surface area contributed by atoms with Gasteiger partial charge in [0.25, 0.3) is 0 Å². The number of fused-ring (bicyclic) bond motifs is 1. The number of nitriles is 1. The van der Waals surface area contributed by atoms with Gasteiger partial charge in [0, 0.05) is 6.08 Å². The Bertz CT molecular complexity index is 494. The number of hydrogen-bond donors (Lipinski definition) is 1. The molecule has 2 rings (SSSR count). The molecule has 94 valence electrons. The Hall–Kier alpha value is -1.74. The van der Waals surface area contributed by atoms with Crippen molar-refractivity contribution in [2.45, 2.75) is 29.5 Å². The van der Waals surface area contributed by atoms with Crippen LogP contribution in [-0.4, -0.2) is 38.0 Å². The molecule has 18 heavy (non-hydrogen) atoms. The lowest BCUT2D eigenvalue weighted by Gasteiger charge is -2.36. The van der Waals surface area contributed by atoms with Gasteiger partial charge in [-0.3, -0.25) is 4.79 Å². The van der Waals surface area contributed by atoms with Gasteiger partial charge in [-0.15, -0.1) is 11.8 Å². The maximum absolute atomic E-state index is 11.5. The fourth-order valence-corrected chi connectivity index (χ4v) is 3.95. The van der Waals surface area contributed by atoms with Crippen LogP contribution in [0.15, 0.2) is 24.3 Å². The molecule has 2 aliphatic rings. The Morgan fingerprint density at radius 2 is 2.39 bits per heavy atom. The highest BCUT2D eigenvalue weighted by atomic mass is 32.2. The number of carboxylic acid groups (broad SMARTS) is 1. The van der Waals surface area contributed by atoms with Crippen molar-refractivity contribution in [1.82, 2.24) is 4.90 Å². The van der Waals surface area contributed by atoms with Crippen molar-refractivity contribution in [2.24, 2.45) is 0 Å². The van der Waals surface area contributed by atoms with E-state index in [0.717, 1.165) is 0 Å². The summed E-state index contributed by atoms with van der Waals surface area (Å²) in [6.07, 6.45) is 6.68. The normalized spacial score (nSPS) is 34.7. The molecule has 1 amide bonds. The number of thioether (sulfide) groups is 1. The Labute approximate surface area is 109 Å². The maximum atomic E-state index is 11.5. The van der Waals surface area contributed by atoms with E-state index >= 15 is 0 Å². The molecule has 2 heterocycles. The minimum Gasteiger partial charge on any atom is -0.480 e. The zero-order chi connectivity index (χ0) is 13.3. The first-order chi connectivity index (χ1) is 8.49. The minimum absolute atomic E-state index is 0.0341. The number of allylic oxidation sites excluding steroid dienone is 3. The summed E-state index contributed by atoms with van der Waals surface area (Å²) < 4.78 is -0.650. The molecule has 0 saturated carbocycles. The van der Waals surface area contributed by atoms with E-state index < -0.39 is 16.8 Å². The molecule has 0 radical (unpaired) electrons. The molecule has 0 aromatic rings. The van der Waals surface area contributed by atoms with E-state index in [-0.39, 0.29) is 11.3 Å². The van der Waals surface area contributed by atoms with E-state index in [1.165, 1.54) is 22.7 Å². The lowest BCUT2D eigenvalue weighted by molar-refractivity contribution is -0.156. The molecule has 0 bridgehead atoms. The lowest BCUT2D eigenvalue weighted by Crippen LogP contribution is -2.57. The van der Waals surface area contributed by atoms with E-state index in [1.807, 2.05) is 6.07 Å². The second-order valence-corrected chi connectivity index (χ2v) is 6.01. The number of carbonyl (C=O) groups excluding carboxylic acids is 1. The summed E-state index contributed by atoms with van der Waals surface area (Å²) in [6.45, 7) is 1.80. The number of aliphatic carboxylic acids is 1. The fourth-order valence-electron chi connectivity index (χ4n) is 2.28. The molecule has 6 heteroatoms. The van der Waals surface area contributed by atoms with E-state index in [1.54, 1.807) is 25.2 Å². The average Bonchev–Trinajstić information content (AvgIpc) is 2.54. The van der Waals surface area contributed by atoms with Gasteiger partial charge >= 0.3 is 5.97 Å². The van der Waals surface area contributed by atoms with Gasteiger partial charge in [-0.25, -0.2) is 4.79 Å². The van der Waals surface area contributed by atoms with Crippen LogP contribution < -0.4 is 0 Å². The lowest BCUT2D eigenvalue weighted by atomic mass is 9.96. The van der Waals surface area contributed by atoms with Crippen LogP contribution in [0, 0.1) is 11.3 Å². The van der Waals surface area contributed by atoms with Crippen LogP contribution in [-0.2, 0) is 9.59 Å². The molecule has 2 fully saturated rings. The fraction of sp³-hybridized carbons (Fsp3) is 0.417. The Morgan fingerprint density at radius 3 is 2.94 bits per heavy atom. The van der Waals surface area contributed by atoms with Crippen LogP contribution in [0.5, 0.6) is 0 Å². The quantitative estimate of drug-likeness (QED) is 0.469. The zero-order valence-electron chi connectivity index (χ0n) is 9.74. The molecule has 0 aromatic carbocycles. The molecule has 1 N–H and O–H groups in total. The van der Waals surface area contributed by atoms with Crippen molar-refractivity contribution in [3.63, 3.8) is 0 Å². The van der Waals surface area contributed by atoms with Crippen LogP contribution in [0.2, 0.25) is 0 Å². The van der Waals surface area contributed by atoms with Gasteiger partial charge in [-0.05, 0) is 6.92 Å². The molecule has 5 nitrogen and oxygen atoms in total. The van der Waals surface area contributed by atoms with Crippen molar-refractivity contribution in [2.75, 3.05) is 0 Å². The van der Waals surface area contributed by atoms with Crippen LogP contribution in [0.25, 0.3) is 0 Å². The summed E-state index contributed by atoms with van der Waals surface area (Å²) in [5, 5.41) is 17.6. The van der Waals surface area contributed by atoms with Crippen LogP contribution in [0.4, 0.5) is 0 Å². The Balaban J connectivity index is 2.23. The van der Waals surface area contributed by atoms with Crippen LogP contribution in [0.1, 0.15) is 13.3 Å². The van der Waals surface area contributed by atoms with Crippen molar-refractivity contribution in [1.29, 1.82) is 5.26 Å². The Kier molecular flexibility index (Phi) is 3.18. The summed E-state index contributed by atoms with van der Waals surface area (Å²) >= 11 is 1.48. The van der Waals surface area contributed by atoms with Gasteiger partial charge in [-0.1, -0.05) is 18.2 Å². The van der Waals surface area contributed by atoms with Gasteiger partial charge < -0.3 is 10.0 Å². The number of amides is 1. The highest BCUT2D eigenvalue weighted by Crippen LogP contribution is 2.51. The molecular formula is C12H12N2O3S. The molecule has 2 saturated heterocycles. The van der Waals surface area contributed by atoms with E-state index in [2.05, 4.69) is 0 Å². The SMILES string of the molecule is C[C@@]1(/C=C/C=C\C#N)S[C@@H]2CC(=O)N2[C@H]1C(=O)O. The first-order valence-corrected chi connectivity index (χ1v) is 6.33. The summed E-state index contributed by atoms with van der Waals surface area (Å²) in [5.74, 6) is -1.10. The van der Waals surface area contributed by atoms with Gasteiger partial charge in [0.1, 0.15) is 6.04 Å². The van der Waals surface area contributed by atoms with Crippen molar-refractivity contribution >= 4 is 23.6 Å². The Morgan fingerprint density at radius 1 is 1.67 bits per heavy atom. The second kappa shape index (κ2) is 4.50. The minimum atomic E-state index is -0.991. The van der Waals surface area contributed by atoms with Gasteiger partial charge in [-0.2, -0.15) is 5.26 Å². The molecule has 0 spiro atoms. The monoisotopic (exact) mass is 264 g/mol. The third kappa shape index (κ3) is 1.91. The third-order valence-electron chi connectivity index (χ3n) is 3.10. The predicted octanol–water partition coefficient (Wildman–Crippen LogP) is 1.14. The molecule has 3 atom stereocenters. The van der Waals surface area contributed by atoms with E-state index in [0.29, 0.717) is 6.42 Å². The zero-order valence-corrected chi connectivity index (χ0v) is 10.6. The number of hydrogen-bond acceptors (Lipinski definition) is 4. The molecule has 0 unspecified atom stereocenters. The topological polar surface area (TPSA) is 81.4 Å². The summed E-state index contributed by atoms with van der Waals surface area (Å²) in [5.41, 5.74) is 0. The largest absolute Gasteiger partial charge is 0.480 e. The van der Waals surface area contributed by atoms with Gasteiger partial charge in [0.15, 0.2) is 0 Å². The van der Waals surface area contributed by atoms with E-state index in [4.69, 9.17) is 5.26 Å². The van der Waals surface area contributed by atoms with Gasteiger partial charge in [0.2, 0.25) is 5.91 Å². The highest BCUT2D eigenvalue weighted by Gasteiger charge is 2.59. The average molecular weight is 264 g/mol. The smallest absolute Gasteiger partial charge is 0.328 e. The standard InChI is InChI=1S/C12H12N2O3S/c1-12(5-3-2-4-6-13)10(11(16)17)14-8(15)7-9(14)18-12/h2-5,9-10H,7H2,1H3,(H,16,17)/b4-2-,5-3+/t9-,10+,12+/m1/s1. The molecule has 2 aliphatic heterocycles. The van der Waals surface area contributed by atoms with Crippen LogP contribution in [0.3, 0.4) is 0 Å². The number of rotatable bonds is 3. The molecular weight excluding hydrogens is 252 g/mol. The first kappa shape index (κ1) is 12.7. The molecule has 0 aromatic heterocycles. The number of carbonyl (C=O) groups is 2. The van der Waals surface area contributed by atoms with Crippen LogP contribution >= 0.6 is 11.8 Å². The van der Waals surface area contributed by atoms with Gasteiger partial charge in [0.05, 0.1) is 22.6 Å². The molecule has 0 aliphatic carbocycles. The maximum Gasteiger partial charge on any atom is 0.328 e. The van der Waals surface area contributed by atoms with Crippen molar-refractivity contribution < 1.29 is 14.7 Å². The summed E-state index contributed by atoms with van der Waals surface area (Å²) in [4.78, 5) is 24.2. The number of β-lactam (4-membered cyclic amide) rings is 1. The summed E-state index contributed by atoms with van der Waals surface area (Å²) in [7, 11) is 0. The van der Waals surface area contributed by atoms with E-state index in [9.17, 15) is 14.7 Å². The van der Waals surface area contributed by atoms with Crippen molar-refractivity contribution in [3.8, 4) is 6.07 Å². The third-order valence-corrected chi connectivity index (χ3v) is 4.63.